The van der Waals surface area contributed by atoms with E-state index in [2.05, 4.69) is 15.5 Å². The monoisotopic (exact) mass is 275 g/mol. The average Bonchev–Trinajstić information content (AvgIpc) is 2.94. The van der Waals surface area contributed by atoms with Crippen molar-refractivity contribution in [3.05, 3.63) is 9.47 Å². The Hall–Kier alpha value is -0.720. The fourth-order valence-corrected chi connectivity index (χ4v) is 2.96. The number of nitrogens with one attached hydrogen (secondary N) is 1. The van der Waals surface area contributed by atoms with Crippen molar-refractivity contribution in [3.8, 4) is 0 Å². The fraction of sp³-hybridized carbons (Fsp3) is 0.700. The zero-order valence-corrected chi connectivity index (χ0v) is 10.8. The molecule has 0 bridgehead atoms. The lowest BCUT2D eigenvalue weighted by Crippen LogP contribution is -2.31. The largest absolute Gasteiger partial charge is 0.396 e. The number of nitrogens with zero attached hydrogens (tertiary/aromatic N) is 2. The van der Waals surface area contributed by atoms with Crippen molar-refractivity contribution in [2.45, 2.75) is 19.3 Å². The summed E-state index contributed by atoms with van der Waals surface area (Å²) in [5.41, 5.74) is 0. The third-order valence-corrected chi connectivity index (χ3v) is 4.19. The van der Waals surface area contributed by atoms with Gasteiger partial charge in [0.25, 0.3) is 5.91 Å². The quantitative estimate of drug-likeness (QED) is 0.869. The summed E-state index contributed by atoms with van der Waals surface area (Å²) in [5, 5.41) is 19.5. The summed E-state index contributed by atoms with van der Waals surface area (Å²) in [6.45, 7) is 0.784. The molecule has 2 N–H and O–H groups in total. The Bertz CT molecular complexity index is 399. The first-order chi connectivity index (χ1) is 8.20. The lowest BCUT2D eigenvalue weighted by molar-refractivity contribution is 0.0936. The van der Waals surface area contributed by atoms with Crippen LogP contribution in [0.15, 0.2) is 0 Å². The Morgan fingerprint density at radius 3 is 2.88 bits per heavy atom. The van der Waals surface area contributed by atoms with Crippen LogP contribution in [0.25, 0.3) is 0 Å². The molecule has 2 atom stereocenters. The number of rotatable bonds is 4. The first-order valence-electron chi connectivity index (χ1n) is 5.58. The minimum absolute atomic E-state index is 0.200. The molecule has 7 heteroatoms. The minimum atomic E-state index is -0.238. The van der Waals surface area contributed by atoms with E-state index >= 15 is 0 Å². The van der Waals surface area contributed by atoms with Crippen LogP contribution in [0.2, 0.25) is 4.47 Å². The van der Waals surface area contributed by atoms with E-state index in [-0.39, 0.29) is 22.0 Å². The second kappa shape index (κ2) is 5.75. The number of hydrogen-bond donors (Lipinski definition) is 2. The molecule has 1 aliphatic carbocycles. The van der Waals surface area contributed by atoms with Crippen LogP contribution >= 0.6 is 22.9 Å². The summed E-state index contributed by atoms with van der Waals surface area (Å²) in [6, 6.07) is 0. The summed E-state index contributed by atoms with van der Waals surface area (Å²) in [7, 11) is 0. The molecular weight excluding hydrogens is 262 g/mol. The second-order valence-corrected chi connectivity index (χ2v) is 5.76. The van der Waals surface area contributed by atoms with Gasteiger partial charge in [-0.15, -0.1) is 10.2 Å². The predicted molar refractivity (Wildman–Crippen MR) is 65.2 cm³/mol. The van der Waals surface area contributed by atoms with Gasteiger partial charge in [0.15, 0.2) is 0 Å². The Morgan fingerprint density at radius 1 is 1.47 bits per heavy atom. The lowest BCUT2D eigenvalue weighted by Gasteiger charge is -2.17. The molecule has 0 spiro atoms. The number of aliphatic hydroxyl groups excluding tert-OH is 1. The molecule has 1 fully saturated rings. The van der Waals surface area contributed by atoms with Crippen molar-refractivity contribution in [2.24, 2.45) is 11.8 Å². The Morgan fingerprint density at radius 2 is 2.24 bits per heavy atom. The predicted octanol–water partition coefficient (Wildman–Crippen LogP) is 1.33. The molecule has 1 aliphatic rings. The molecule has 0 saturated heterocycles. The van der Waals surface area contributed by atoms with Crippen LogP contribution in [-0.2, 0) is 0 Å². The molecule has 0 aromatic carbocycles. The fourth-order valence-electron chi connectivity index (χ4n) is 2.22. The maximum Gasteiger partial charge on any atom is 0.282 e. The second-order valence-electron chi connectivity index (χ2n) is 4.20. The standard InChI is InChI=1S/C10H14ClN3O2S/c11-10-14-13-9(17-10)8(16)12-4-6-2-1-3-7(6)5-15/h6-7,15H,1-5H2,(H,12,16). The summed E-state index contributed by atoms with van der Waals surface area (Å²) >= 11 is 6.68. The highest BCUT2D eigenvalue weighted by Crippen LogP contribution is 2.30. The molecule has 2 unspecified atom stereocenters. The zero-order chi connectivity index (χ0) is 12.3. The number of amides is 1. The molecule has 94 valence electrons. The van der Waals surface area contributed by atoms with Crippen LogP contribution in [0.1, 0.15) is 29.1 Å². The lowest BCUT2D eigenvalue weighted by atomic mass is 9.97. The maximum atomic E-state index is 11.7. The van der Waals surface area contributed by atoms with Crippen LogP contribution in [0.3, 0.4) is 0 Å². The summed E-state index contributed by atoms with van der Waals surface area (Å²) in [6.07, 6.45) is 3.22. The number of aromatic nitrogens is 2. The number of aliphatic hydroxyl groups is 1. The molecule has 1 heterocycles. The summed E-state index contributed by atoms with van der Waals surface area (Å²) in [4.78, 5) is 11.7. The van der Waals surface area contributed by atoms with Gasteiger partial charge in [-0.05, 0) is 36.3 Å². The van der Waals surface area contributed by atoms with Gasteiger partial charge in [-0.3, -0.25) is 4.79 Å². The van der Waals surface area contributed by atoms with E-state index in [4.69, 9.17) is 11.6 Å². The van der Waals surface area contributed by atoms with E-state index in [0.717, 1.165) is 30.6 Å². The molecule has 5 nitrogen and oxygen atoms in total. The smallest absolute Gasteiger partial charge is 0.282 e. The molecular formula is C10H14ClN3O2S. The molecule has 1 aromatic rings. The van der Waals surface area contributed by atoms with Crippen molar-refractivity contribution in [1.82, 2.24) is 15.5 Å². The van der Waals surface area contributed by atoms with Gasteiger partial charge in [0.2, 0.25) is 9.47 Å². The van der Waals surface area contributed by atoms with Crippen molar-refractivity contribution in [1.29, 1.82) is 0 Å². The van der Waals surface area contributed by atoms with Crippen LogP contribution in [0.4, 0.5) is 0 Å². The third kappa shape index (κ3) is 3.14. The normalized spacial score (nSPS) is 23.9. The van der Waals surface area contributed by atoms with E-state index in [1.807, 2.05) is 0 Å². The molecule has 2 rings (SSSR count). The van der Waals surface area contributed by atoms with Crippen molar-refractivity contribution in [3.63, 3.8) is 0 Å². The van der Waals surface area contributed by atoms with Crippen LogP contribution in [-0.4, -0.2) is 34.4 Å². The highest BCUT2D eigenvalue weighted by Gasteiger charge is 2.27. The molecule has 1 amide bonds. The van der Waals surface area contributed by atoms with Crippen molar-refractivity contribution in [2.75, 3.05) is 13.2 Å². The van der Waals surface area contributed by atoms with E-state index in [9.17, 15) is 9.90 Å². The minimum Gasteiger partial charge on any atom is -0.396 e. The van der Waals surface area contributed by atoms with Gasteiger partial charge in [0, 0.05) is 13.2 Å². The number of carbonyl (C=O) groups is 1. The molecule has 0 aliphatic heterocycles. The Labute approximate surface area is 108 Å². The highest BCUT2D eigenvalue weighted by molar-refractivity contribution is 7.17. The zero-order valence-electron chi connectivity index (χ0n) is 9.23. The summed E-state index contributed by atoms with van der Waals surface area (Å²) in [5.74, 6) is 0.443. The topological polar surface area (TPSA) is 75.1 Å². The van der Waals surface area contributed by atoms with E-state index in [0.29, 0.717) is 18.4 Å². The third-order valence-electron chi connectivity index (χ3n) is 3.17. The van der Waals surface area contributed by atoms with Gasteiger partial charge in [-0.1, -0.05) is 17.8 Å². The molecule has 1 aromatic heterocycles. The van der Waals surface area contributed by atoms with Gasteiger partial charge in [-0.2, -0.15) is 0 Å². The summed E-state index contributed by atoms with van der Waals surface area (Å²) < 4.78 is 0.268. The maximum absolute atomic E-state index is 11.7. The Balaban J connectivity index is 1.84. The molecule has 17 heavy (non-hydrogen) atoms. The number of halogens is 1. The van der Waals surface area contributed by atoms with Crippen LogP contribution < -0.4 is 5.32 Å². The van der Waals surface area contributed by atoms with Crippen molar-refractivity contribution >= 4 is 28.8 Å². The van der Waals surface area contributed by atoms with Crippen LogP contribution in [0.5, 0.6) is 0 Å². The van der Waals surface area contributed by atoms with Crippen LogP contribution in [0, 0.1) is 11.8 Å². The Kier molecular flexibility index (Phi) is 4.31. The van der Waals surface area contributed by atoms with E-state index in [1.54, 1.807) is 0 Å². The highest BCUT2D eigenvalue weighted by atomic mass is 35.5. The van der Waals surface area contributed by atoms with Gasteiger partial charge >= 0.3 is 0 Å². The first kappa shape index (κ1) is 12.7. The number of carbonyl (C=O) groups excluding carboxylic acids is 1. The van der Waals surface area contributed by atoms with Gasteiger partial charge in [0.1, 0.15) is 0 Å². The molecule has 1 saturated carbocycles. The van der Waals surface area contributed by atoms with Gasteiger partial charge in [0.05, 0.1) is 0 Å². The number of hydrogen-bond acceptors (Lipinski definition) is 5. The van der Waals surface area contributed by atoms with Gasteiger partial charge in [-0.25, -0.2) is 0 Å². The van der Waals surface area contributed by atoms with Gasteiger partial charge < -0.3 is 10.4 Å². The SMILES string of the molecule is O=C(NCC1CCCC1CO)c1nnc(Cl)s1. The van der Waals surface area contributed by atoms with E-state index < -0.39 is 0 Å². The first-order valence-corrected chi connectivity index (χ1v) is 6.78. The molecule has 0 radical (unpaired) electrons. The van der Waals surface area contributed by atoms with E-state index in [1.165, 1.54) is 0 Å². The average molecular weight is 276 g/mol. The van der Waals surface area contributed by atoms with Crippen molar-refractivity contribution < 1.29 is 9.90 Å².